The van der Waals surface area contributed by atoms with Crippen molar-refractivity contribution >= 4 is 16.0 Å². The fraction of sp³-hybridized carbons (Fsp3) is 0.364. The van der Waals surface area contributed by atoms with Crippen molar-refractivity contribution < 1.29 is 31.8 Å². The molecule has 6 nitrogen and oxygen atoms in total. The average Bonchev–Trinajstić information content (AvgIpc) is 2.76. The number of ether oxygens (including phenoxy) is 1. The van der Waals surface area contributed by atoms with E-state index in [-0.39, 0.29) is 19.6 Å². The Balaban J connectivity index is 2.38. The summed E-state index contributed by atoms with van der Waals surface area (Å²) in [5.74, 6) is -3.55. The molecule has 0 saturated carbocycles. The molecule has 0 radical (unpaired) electrons. The summed E-state index contributed by atoms with van der Waals surface area (Å²) in [5, 5.41) is 9.13. The molecule has 9 heteroatoms. The molecule has 1 saturated heterocycles. The van der Waals surface area contributed by atoms with Gasteiger partial charge in [-0.3, -0.25) is 4.79 Å². The Hall–Kier alpha value is -1.58. The molecular weight excluding hydrogens is 296 g/mol. The van der Waals surface area contributed by atoms with Crippen LogP contribution in [0.5, 0.6) is 0 Å². The Morgan fingerprint density at radius 3 is 2.35 bits per heavy atom. The van der Waals surface area contributed by atoms with Gasteiger partial charge in [-0.25, -0.2) is 17.2 Å². The second kappa shape index (κ2) is 5.08. The second-order valence-electron chi connectivity index (χ2n) is 4.40. The van der Waals surface area contributed by atoms with Crippen LogP contribution in [0.1, 0.15) is 6.42 Å². The highest BCUT2D eigenvalue weighted by Crippen LogP contribution is 2.23. The number of benzene rings is 1. The van der Waals surface area contributed by atoms with Crippen molar-refractivity contribution in [3.63, 3.8) is 0 Å². The highest BCUT2D eigenvalue weighted by Gasteiger charge is 2.46. The Morgan fingerprint density at radius 2 is 1.90 bits per heavy atom. The molecule has 1 unspecified atom stereocenters. The van der Waals surface area contributed by atoms with E-state index in [0.29, 0.717) is 18.2 Å². The molecule has 2 rings (SSSR count). The molecule has 1 fully saturated rings. The van der Waals surface area contributed by atoms with Gasteiger partial charge in [0.05, 0.1) is 11.5 Å². The lowest BCUT2D eigenvalue weighted by Gasteiger charge is -2.23. The summed E-state index contributed by atoms with van der Waals surface area (Å²) in [5.41, 5.74) is -1.82. The fourth-order valence-corrected chi connectivity index (χ4v) is 3.27. The molecule has 110 valence electrons. The van der Waals surface area contributed by atoms with Crippen LogP contribution in [0.25, 0.3) is 0 Å². The molecule has 1 aliphatic rings. The number of hydrogen-bond donors (Lipinski definition) is 2. The second-order valence-corrected chi connectivity index (χ2v) is 6.08. The smallest absolute Gasteiger partial charge is 0.327 e. The number of carboxylic acids is 1. The quantitative estimate of drug-likeness (QED) is 0.844. The Kier molecular flexibility index (Phi) is 3.76. The van der Waals surface area contributed by atoms with E-state index in [9.17, 15) is 22.0 Å². The third-order valence-corrected chi connectivity index (χ3v) is 4.42. The van der Waals surface area contributed by atoms with E-state index in [4.69, 9.17) is 9.84 Å². The Labute approximate surface area is 113 Å². The molecule has 0 aromatic heterocycles. The van der Waals surface area contributed by atoms with Gasteiger partial charge in [0.1, 0.15) is 11.6 Å². The SMILES string of the molecule is O=C(O)C1(NS(=O)(=O)c2cc(F)cc(F)c2)CCOC1. The fourth-order valence-electron chi connectivity index (χ4n) is 1.86. The monoisotopic (exact) mass is 307 g/mol. The maximum Gasteiger partial charge on any atom is 0.327 e. The van der Waals surface area contributed by atoms with Crippen LogP contribution in [-0.2, 0) is 19.6 Å². The molecule has 0 amide bonds. The van der Waals surface area contributed by atoms with Gasteiger partial charge in [-0.15, -0.1) is 0 Å². The number of aliphatic carboxylic acids is 1. The molecule has 1 aromatic rings. The van der Waals surface area contributed by atoms with Crippen LogP contribution in [0.4, 0.5) is 8.78 Å². The van der Waals surface area contributed by atoms with Crippen LogP contribution in [-0.4, -0.2) is 38.2 Å². The van der Waals surface area contributed by atoms with Crippen molar-refractivity contribution in [3.8, 4) is 0 Å². The van der Waals surface area contributed by atoms with Gasteiger partial charge in [-0.1, -0.05) is 0 Å². The lowest BCUT2D eigenvalue weighted by molar-refractivity contribution is -0.144. The molecule has 20 heavy (non-hydrogen) atoms. The zero-order chi connectivity index (χ0) is 15.0. The van der Waals surface area contributed by atoms with Crippen LogP contribution in [0.15, 0.2) is 23.1 Å². The van der Waals surface area contributed by atoms with E-state index in [1.54, 1.807) is 0 Å². The first kappa shape index (κ1) is 14.8. The summed E-state index contributed by atoms with van der Waals surface area (Å²) in [6.07, 6.45) is -0.0701. The standard InChI is InChI=1S/C11H11F2NO5S/c12-7-3-8(13)5-9(4-7)20(17,18)14-11(10(15)16)1-2-19-6-11/h3-5,14H,1-2,6H2,(H,15,16). The summed E-state index contributed by atoms with van der Waals surface area (Å²) in [6.45, 7) is -0.272. The highest BCUT2D eigenvalue weighted by atomic mass is 32.2. The number of halogens is 2. The minimum atomic E-state index is -4.38. The Morgan fingerprint density at radius 1 is 1.30 bits per heavy atom. The predicted molar refractivity (Wildman–Crippen MR) is 62.5 cm³/mol. The number of rotatable bonds is 4. The molecular formula is C11H11F2NO5S. The van der Waals surface area contributed by atoms with Gasteiger partial charge < -0.3 is 9.84 Å². The lowest BCUT2D eigenvalue weighted by atomic mass is 10.0. The maximum atomic E-state index is 13.1. The summed E-state index contributed by atoms with van der Waals surface area (Å²) >= 11 is 0. The third kappa shape index (κ3) is 2.79. The van der Waals surface area contributed by atoms with E-state index in [2.05, 4.69) is 0 Å². The lowest BCUT2D eigenvalue weighted by Crippen LogP contribution is -2.55. The third-order valence-electron chi connectivity index (χ3n) is 2.91. The van der Waals surface area contributed by atoms with Crippen molar-refractivity contribution in [2.75, 3.05) is 13.2 Å². The van der Waals surface area contributed by atoms with E-state index >= 15 is 0 Å². The van der Waals surface area contributed by atoms with Crippen LogP contribution in [0.2, 0.25) is 0 Å². The average molecular weight is 307 g/mol. The summed E-state index contributed by atoms with van der Waals surface area (Å²) in [7, 11) is -4.38. The number of carboxylic acid groups (broad SMARTS) is 1. The van der Waals surface area contributed by atoms with Gasteiger partial charge in [-0.2, -0.15) is 4.72 Å². The molecule has 1 aromatic carbocycles. The number of hydrogen-bond acceptors (Lipinski definition) is 4. The number of carbonyl (C=O) groups is 1. The zero-order valence-electron chi connectivity index (χ0n) is 10.1. The van der Waals surface area contributed by atoms with Gasteiger partial charge in [0.2, 0.25) is 10.0 Å². The van der Waals surface area contributed by atoms with Crippen molar-refractivity contribution in [1.82, 2.24) is 4.72 Å². The first-order valence-corrected chi connectivity index (χ1v) is 7.05. The minimum Gasteiger partial charge on any atom is -0.480 e. The number of nitrogens with one attached hydrogen (secondary N) is 1. The summed E-state index contributed by atoms with van der Waals surface area (Å²) < 4.78 is 57.0. The van der Waals surface area contributed by atoms with Gasteiger partial charge >= 0.3 is 5.97 Å². The van der Waals surface area contributed by atoms with Crippen LogP contribution >= 0.6 is 0 Å². The topological polar surface area (TPSA) is 92.7 Å². The van der Waals surface area contributed by atoms with Gasteiger partial charge in [-0.05, 0) is 12.1 Å². The molecule has 2 N–H and O–H groups in total. The van der Waals surface area contributed by atoms with Crippen LogP contribution in [0.3, 0.4) is 0 Å². The molecule has 0 spiro atoms. The predicted octanol–water partition coefficient (Wildman–Crippen LogP) is 0.487. The molecule has 1 heterocycles. The van der Waals surface area contributed by atoms with Crippen molar-refractivity contribution in [1.29, 1.82) is 0 Å². The van der Waals surface area contributed by atoms with E-state index in [1.165, 1.54) is 0 Å². The highest BCUT2D eigenvalue weighted by molar-refractivity contribution is 7.89. The first-order valence-electron chi connectivity index (χ1n) is 5.56. The maximum absolute atomic E-state index is 13.1. The molecule has 1 atom stereocenters. The largest absolute Gasteiger partial charge is 0.480 e. The van der Waals surface area contributed by atoms with Crippen LogP contribution < -0.4 is 4.72 Å². The normalized spacial score (nSPS) is 22.9. The minimum absolute atomic E-state index is 0.0701. The van der Waals surface area contributed by atoms with E-state index < -0.39 is 38.1 Å². The van der Waals surface area contributed by atoms with Gasteiger partial charge in [0.15, 0.2) is 5.54 Å². The van der Waals surface area contributed by atoms with Crippen molar-refractivity contribution in [2.24, 2.45) is 0 Å². The van der Waals surface area contributed by atoms with Crippen molar-refractivity contribution in [3.05, 3.63) is 29.8 Å². The van der Waals surface area contributed by atoms with Gasteiger partial charge in [0.25, 0.3) is 0 Å². The first-order chi connectivity index (χ1) is 9.25. The Bertz CT molecular complexity index is 620. The number of sulfonamides is 1. The summed E-state index contributed by atoms with van der Waals surface area (Å²) in [6, 6.07) is 1.73. The van der Waals surface area contributed by atoms with Gasteiger partial charge in [0, 0.05) is 19.1 Å². The molecule has 0 bridgehead atoms. The van der Waals surface area contributed by atoms with Crippen molar-refractivity contribution in [2.45, 2.75) is 16.9 Å². The summed E-state index contributed by atoms with van der Waals surface area (Å²) in [4.78, 5) is 10.5. The van der Waals surface area contributed by atoms with Crippen LogP contribution in [0, 0.1) is 11.6 Å². The zero-order valence-corrected chi connectivity index (χ0v) is 10.9. The van der Waals surface area contributed by atoms with E-state index in [0.717, 1.165) is 0 Å². The van der Waals surface area contributed by atoms with E-state index in [1.807, 2.05) is 4.72 Å². The molecule has 1 aliphatic heterocycles. The molecule has 0 aliphatic carbocycles.